The second-order valence-corrected chi connectivity index (χ2v) is 3.96. The van der Waals surface area contributed by atoms with E-state index in [0.29, 0.717) is 5.92 Å². The fourth-order valence-electron chi connectivity index (χ4n) is 1.92. The number of aryl methyl sites for hydroxylation is 1. The van der Waals surface area contributed by atoms with Crippen molar-refractivity contribution in [3.05, 3.63) is 35.4 Å². The van der Waals surface area contributed by atoms with Crippen LogP contribution in [0.25, 0.3) is 0 Å². The molecule has 1 aliphatic rings. The normalized spacial score (nSPS) is 33.4. The third-order valence-electron chi connectivity index (χ3n) is 3.01. The van der Waals surface area contributed by atoms with Gasteiger partial charge in [-0.05, 0) is 30.4 Å². The van der Waals surface area contributed by atoms with Gasteiger partial charge in [0.2, 0.25) is 0 Å². The van der Waals surface area contributed by atoms with Gasteiger partial charge in [-0.3, -0.25) is 0 Å². The number of hydrogen-bond acceptors (Lipinski definition) is 1. The van der Waals surface area contributed by atoms with Crippen molar-refractivity contribution >= 4 is 0 Å². The zero-order chi connectivity index (χ0) is 8.77. The van der Waals surface area contributed by atoms with Crippen molar-refractivity contribution in [3.63, 3.8) is 0 Å². The Kier molecular flexibility index (Phi) is 1.52. The summed E-state index contributed by atoms with van der Waals surface area (Å²) in [5.74, 6) is 0.651. The van der Waals surface area contributed by atoms with Gasteiger partial charge >= 0.3 is 0 Å². The van der Waals surface area contributed by atoms with Crippen LogP contribution >= 0.6 is 0 Å². The van der Waals surface area contributed by atoms with Crippen molar-refractivity contribution < 1.29 is 0 Å². The minimum Gasteiger partial charge on any atom is -0.321 e. The van der Waals surface area contributed by atoms with Crippen LogP contribution < -0.4 is 5.73 Å². The van der Waals surface area contributed by atoms with E-state index in [1.54, 1.807) is 0 Å². The van der Waals surface area contributed by atoms with Gasteiger partial charge in [-0.2, -0.15) is 0 Å². The highest BCUT2D eigenvalue weighted by Crippen LogP contribution is 2.49. The lowest BCUT2D eigenvalue weighted by Gasteiger charge is -2.13. The van der Waals surface area contributed by atoms with Crippen LogP contribution in [0.4, 0.5) is 0 Å². The maximum Gasteiger partial charge on any atom is 0.0442 e. The summed E-state index contributed by atoms with van der Waals surface area (Å²) in [4.78, 5) is 0. The van der Waals surface area contributed by atoms with E-state index in [0.717, 1.165) is 6.42 Å². The lowest BCUT2D eigenvalue weighted by Crippen LogP contribution is -2.22. The Bertz CT molecular complexity index is 306. The van der Waals surface area contributed by atoms with Crippen LogP contribution in [0.1, 0.15) is 24.5 Å². The first-order valence-electron chi connectivity index (χ1n) is 4.49. The minimum absolute atomic E-state index is 0.00859. The van der Waals surface area contributed by atoms with Crippen LogP contribution in [-0.2, 0) is 5.54 Å². The lowest BCUT2D eigenvalue weighted by molar-refractivity contribution is 0.660. The molecule has 1 saturated carbocycles. The average Bonchev–Trinajstić information content (AvgIpc) is 2.61. The molecule has 2 N–H and O–H groups in total. The molecule has 2 atom stereocenters. The second-order valence-electron chi connectivity index (χ2n) is 3.96. The fourth-order valence-corrected chi connectivity index (χ4v) is 1.92. The molecule has 64 valence electrons. The Morgan fingerprint density at radius 3 is 2.50 bits per heavy atom. The summed E-state index contributed by atoms with van der Waals surface area (Å²) in [6, 6.07) is 8.42. The van der Waals surface area contributed by atoms with E-state index in [4.69, 9.17) is 5.73 Å². The molecule has 0 saturated heterocycles. The summed E-state index contributed by atoms with van der Waals surface area (Å²) in [6.07, 6.45) is 1.14. The van der Waals surface area contributed by atoms with E-state index in [-0.39, 0.29) is 5.54 Å². The number of nitrogens with two attached hydrogens (primary N) is 1. The van der Waals surface area contributed by atoms with Crippen molar-refractivity contribution in [2.75, 3.05) is 0 Å². The first-order valence-corrected chi connectivity index (χ1v) is 4.49. The van der Waals surface area contributed by atoms with Crippen molar-refractivity contribution in [1.82, 2.24) is 0 Å². The molecule has 0 radical (unpaired) electrons. The van der Waals surface area contributed by atoms with E-state index in [9.17, 15) is 0 Å². The Balaban J connectivity index is 2.41. The van der Waals surface area contributed by atoms with Crippen molar-refractivity contribution in [2.45, 2.75) is 25.8 Å². The third kappa shape index (κ3) is 0.969. The fraction of sp³-hybridized carbons (Fsp3) is 0.455. The molecule has 0 aromatic heterocycles. The highest BCUT2D eigenvalue weighted by molar-refractivity contribution is 5.37. The molecule has 2 unspecified atom stereocenters. The molecule has 12 heavy (non-hydrogen) atoms. The van der Waals surface area contributed by atoms with Crippen LogP contribution in [0, 0.1) is 12.8 Å². The van der Waals surface area contributed by atoms with Gasteiger partial charge in [0, 0.05) is 5.54 Å². The largest absolute Gasteiger partial charge is 0.321 e. The predicted octanol–water partition coefficient (Wildman–Crippen LogP) is 2.19. The number of benzene rings is 1. The zero-order valence-electron chi connectivity index (χ0n) is 7.67. The van der Waals surface area contributed by atoms with Crippen molar-refractivity contribution in [2.24, 2.45) is 11.7 Å². The molecule has 1 aliphatic carbocycles. The third-order valence-corrected chi connectivity index (χ3v) is 3.01. The summed E-state index contributed by atoms with van der Waals surface area (Å²) in [5, 5.41) is 0. The minimum atomic E-state index is -0.00859. The summed E-state index contributed by atoms with van der Waals surface area (Å²) in [6.45, 7) is 4.35. The second kappa shape index (κ2) is 2.33. The quantitative estimate of drug-likeness (QED) is 0.671. The van der Waals surface area contributed by atoms with Crippen LogP contribution in [0.5, 0.6) is 0 Å². The Morgan fingerprint density at radius 2 is 2.00 bits per heavy atom. The van der Waals surface area contributed by atoms with Crippen LogP contribution in [0.2, 0.25) is 0 Å². The van der Waals surface area contributed by atoms with Gasteiger partial charge < -0.3 is 5.73 Å². The van der Waals surface area contributed by atoms with Gasteiger partial charge in [0.1, 0.15) is 0 Å². The van der Waals surface area contributed by atoms with Gasteiger partial charge in [0.05, 0.1) is 0 Å². The summed E-state index contributed by atoms with van der Waals surface area (Å²) in [5.41, 5.74) is 8.86. The van der Waals surface area contributed by atoms with Gasteiger partial charge in [-0.15, -0.1) is 0 Å². The van der Waals surface area contributed by atoms with Crippen LogP contribution in [-0.4, -0.2) is 0 Å². The molecule has 1 nitrogen and oxygen atoms in total. The monoisotopic (exact) mass is 161 g/mol. The lowest BCUT2D eigenvalue weighted by atomic mass is 9.98. The van der Waals surface area contributed by atoms with Gasteiger partial charge in [-0.25, -0.2) is 0 Å². The molecule has 1 fully saturated rings. The molecular weight excluding hydrogens is 146 g/mol. The zero-order valence-corrected chi connectivity index (χ0v) is 7.67. The average molecular weight is 161 g/mol. The summed E-state index contributed by atoms with van der Waals surface area (Å²) in [7, 11) is 0. The summed E-state index contributed by atoms with van der Waals surface area (Å²) >= 11 is 0. The first kappa shape index (κ1) is 7.81. The topological polar surface area (TPSA) is 26.0 Å². The van der Waals surface area contributed by atoms with Crippen LogP contribution in [0.15, 0.2) is 24.3 Å². The maximum absolute atomic E-state index is 6.21. The Morgan fingerprint density at radius 1 is 1.42 bits per heavy atom. The van der Waals surface area contributed by atoms with Gasteiger partial charge in [0.25, 0.3) is 0 Å². The van der Waals surface area contributed by atoms with E-state index < -0.39 is 0 Å². The van der Waals surface area contributed by atoms with E-state index >= 15 is 0 Å². The van der Waals surface area contributed by atoms with Crippen LogP contribution in [0.3, 0.4) is 0 Å². The van der Waals surface area contributed by atoms with Crippen molar-refractivity contribution in [3.8, 4) is 0 Å². The molecular formula is C11H15N. The van der Waals surface area contributed by atoms with Gasteiger partial charge in [0.15, 0.2) is 0 Å². The Labute approximate surface area is 73.6 Å². The molecule has 0 bridgehead atoms. The molecule has 1 aromatic carbocycles. The first-order chi connectivity index (χ1) is 5.64. The van der Waals surface area contributed by atoms with Crippen molar-refractivity contribution in [1.29, 1.82) is 0 Å². The standard InChI is InChI=1S/C11H15N/c1-8-5-3-4-6-10(8)11(12)7-9(11)2/h3-6,9H,7,12H2,1-2H3. The number of rotatable bonds is 1. The van der Waals surface area contributed by atoms with Gasteiger partial charge in [-0.1, -0.05) is 31.2 Å². The summed E-state index contributed by atoms with van der Waals surface area (Å²) < 4.78 is 0. The maximum atomic E-state index is 6.21. The SMILES string of the molecule is Cc1ccccc1C1(N)CC1C. The highest BCUT2D eigenvalue weighted by Gasteiger charge is 2.49. The molecule has 0 amide bonds. The van der Waals surface area contributed by atoms with E-state index in [1.807, 2.05) is 0 Å². The highest BCUT2D eigenvalue weighted by atomic mass is 14.9. The number of hydrogen-bond donors (Lipinski definition) is 1. The predicted molar refractivity (Wildman–Crippen MR) is 50.8 cm³/mol. The molecule has 0 heterocycles. The molecule has 1 heteroatoms. The Hall–Kier alpha value is -0.820. The molecule has 0 spiro atoms. The molecule has 0 aliphatic heterocycles. The molecule has 2 rings (SSSR count). The smallest absolute Gasteiger partial charge is 0.0442 e. The molecule has 1 aromatic rings. The van der Waals surface area contributed by atoms with E-state index in [1.165, 1.54) is 11.1 Å². The van der Waals surface area contributed by atoms with E-state index in [2.05, 4.69) is 38.1 Å².